The number of hydrogen-bond donors (Lipinski definition) is 2. The van der Waals surface area contributed by atoms with E-state index in [1.165, 1.54) is 0 Å². The zero-order chi connectivity index (χ0) is 16.3. The first kappa shape index (κ1) is 16.1. The minimum atomic E-state index is -1.17. The van der Waals surface area contributed by atoms with Crippen LogP contribution in [0.1, 0.15) is 5.56 Å². The first-order chi connectivity index (χ1) is 10.4. The number of rotatable bonds is 2. The Morgan fingerprint density at radius 2 is 1.59 bits per heavy atom. The third-order valence-electron chi connectivity index (χ3n) is 2.84. The molecule has 0 bridgehead atoms. The summed E-state index contributed by atoms with van der Waals surface area (Å²) in [6.45, 7) is 1.86. The maximum absolute atomic E-state index is 13.4. The number of anilines is 2. The van der Waals surface area contributed by atoms with Gasteiger partial charge in [-0.1, -0.05) is 28.1 Å². The second-order valence-corrected chi connectivity index (χ2v) is 5.32. The summed E-state index contributed by atoms with van der Waals surface area (Å²) >= 11 is 3.29. The number of halogens is 3. The summed E-state index contributed by atoms with van der Waals surface area (Å²) in [5.74, 6) is -4.11. The Morgan fingerprint density at radius 3 is 2.18 bits per heavy atom. The van der Waals surface area contributed by atoms with Crippen molar-refractivity contribution in [2.24, 2.45) is 0 Å². The fraction of sp³-hybridized carbons (Fsp3) is 0.0667. The lowest BCUT2D eigenvalue weighted by Gasteiger charge is -2.09. The van der Waals surface area contributed by atoms with Gasteiger partial charge in [0.1, 0.15) is 17.3 Å². The van der Waals surface area contributed by atoms with Crippen LogP contribution in [0.15, 0.2) is 40.9 Å². The van der Waals surface area contributed by atoms with E-state index in [-0.39, 0.29) is 0 Å². The van der Waals surface area contributed by atoms with Crippen LogP contribution in [0.3, 0.4) is 0 Å². The van der Waals surface area contributed by atoms with Crippen LogP contribution in [0.2, 0.25) is 0 Å². The van der Waals surface area contributed by atoms with Gasteiger partial charge in [0.2, 0.25) is 0 Å². The molecule has 0 aromatic heterocycles. The molecule has 0 fully saturated rings. The number of carbonyl (C=O) groups is 2. The van der Waals surface area contributed by atoms with Crippen molar-refractivity contribution in [2.75, 3.05) is 10.6 Å². The molecule has 2 N–H and O–H groups in total. The van der Waals surface area contributed by atoms with Crippen LogP contribution < -0.4 is 10.6 Å². The predicted octanol–water partition coefficient (Wildman–Crippen LogP) is 3.61. The lowest BCUT2D eigenvalue weighted by Crippen LogP contribution is -2.29. The van der Waals surface area contributed by atoms with E-state index in [9.17, 15) is 18.4 Å². The average molecular weight is 369 g/mol. The molecule has 7 heteroatoms. The zero-order valence-electron chi connectivity index (χ0n) is 11.4. The van der Waals surface area contributed by atoms with E-state index in [0.717, 1.165) is 28.2 Å². The normalized spacial score (nSPS) is 10.2. The van der Waals surface area contributed by atoms with E-state index in [0.29, 0.717) is 5.69 Å². The fourth-order valence-electron chi connectivity index (χ4n) is 1.65. The molecule has 0 aliphatic rings. The van der Waals surface area contributed by atoms with Crippen LogP contribution in [0.4, 0.5) is 20.2 Å². The fourth-order valence-corrected chi connectivity index (χ4v) is 2.02. The maximum atomic E-state index is 13.4. The summed E-state index contributed by atoms with van der Waals surface area (Å²) in [7, 11) is 0. The number of amides is 2. The molecule has 2 amide bonds. The maximum Gasteiger partial charge on any atom is 0.314 e. The number of aryl methyl sites for hydroxylation is 1. The molecule has 22 heavy (non-hydrogen) atoms. The van der Waals surface area contributed by atoms with Gasteiger partial charge in [0.25, 0.3) is 0 Å². The van der Waals surface area contributed by atoms with Crippen molar-refractivity contribution < 1.29 is 18.4 Å². The van der Waals surface area contributed by atoms with Crippen molar-refractivity contribution in [3.63, 3.8) is 0 Å². The standard InChI is InChI=1S/C15H11BrF2N2O2/c1-8-5-6-9(7-10(8)16)19-14(21)15(22)20-13-11(17)3-2-4-12(13)18/h2-7H,1H3,(H,19,21)(H,20,22). The van der Waals surface area contributed by atoms with Gasteiger partial charge in [-0.15, -0.1) is 0 Å². The first-order valence-corrected chi connectivity index (χ1v) is 7.00. The Labute approximate surface area is 133 Å². The Kier molecular flexibility index (Phi) is 4.87. The monoisotopic (exact) mass is 368 g/mol. The summed E-state index contributed by atoms with van der Waals surface area (Å²) in [6, 6.07) is 8.08. The Balaban J connectivity index is 2.09. The highest BCUT2D eigenvalue weighted by Crippen LogP contribution is 2.21. The molecule has 0 aliphatic carbocycles. The highest BCUT2D eigenvalue weighted by Gasteiger charge is 2.18. The van der Waals surface area contributed by atoms with Gasteiger partial charge in [0, 0.05) is 10.2 Å². The molecule has 0 spiro atoms. The molecular weight excluding hydrogens is 358 g/mol. The third kappa shape index (κ3) is 3.67. The molecular formula is C15H11BrF2N2O2. The van der Waals surface area contributed by atoms with Gasteiger partial charge in [0.05, 0.1) is 0 Å². The lowest BCUT2D eigenvalue weighted by molar-refractivity contribution is -0.133. The lowest BCUT2D eigenvalue weighted by atomic mass is 10.2. The van der Waals surface area contributed by atoms with Crippen molar-refractivity contribution in [3.05, 3.63) is 58.1 Å². The van der Waals surface area contributed by atoms with Crippen LogP contribution >= 0.6 is 15.9 Å². The molecule has 0 heterocycles. The van der Waals surface area contributed by atoms with Crippen LogP contribution in [-0.4, -0.2) is 11.8 Å². The van der Waals surface area contributed by atoms with Crippen molar-refractivity contribution in [3.8, 4) is 0 Å². The topological polar surface area (TPSA) is 58.2 Å². The Bertz CT molecular complexity index is 730. The van der Waals surface area contributed by atoms with Gasteiger partial charge in [-0.25, -0.2) is 8.78 Å². The summed E-state index contributed by atoms with van der Waals surface area (Å²) in [5, 5.41) is 4.25. The van der Waals surface area contributed by atoms with E-state index in [1.807, 2.05) is 12.2 Å². The number of nitrogens with one attached hydrogen (secondary N) is 2. The first-order valence-electron chi connectivity index (χ1n) is 6.21. The molecule has 2 aromatic carbocycles. The highest BCUT2D eigenvalue weighted by molar-refractivity contribution is 9.10. The minimum Gasteiger partial charge on any atom is -0.318 e. The molecule has 0 saturated carbocycles. The zero-order valence-corrected chi connectivity index (χ0v) is 13.0. The van der Waals surface area contributed by atoms with Crippen LogP contribution in [-0.2, 0) is 9.59 Å². The van der Waals surface area contributed by atoms with Crippen LogP contribution in [0, 0.1) is 18.6 Å². The minimum absolute atomic E-state index is 0.381. The second kappa shape index (κ2) is 6.65. The van der Waals surface area contributed by atoms with Crippen LogP contribution in [0.5, 0.6) is 0 Å². The van der Waals surface area contributed by atoms with Crippen molar-refractivity contribution in [1.29, 1.82) is 0 Å². The molecule has 0 radical (unpaired) electrons. The van der Waals surface area contributed by atoms with Crippen molar-refractivity contribution in [2.45, 2.75) is 6.92 Å². The second-order valence-electron chi connectivity index (χ2n) is 4.47. The average Bonchev–Trinajstić information content (AvgIpc) is 2.46. The van der Waals surface area contributed by atoms with Gasteiger partial charge >= 0.3 is 11.8 Å². The van der Waals surface area contributed by atoms with E-state index in [4.69, 9.17) is 0 Å². The van der Waals surface area contributed by atoms with Gasteiger partial charge < -0.3 is 10.6 Å². The molecule has 0 aliphatic heterocycles. The third-order valence-corrected chi connectivity index (χ3v) is 3.69. The van der Waals surface area contributed by atoms with E-state index >= 15 is 0 Å². The van der Waals surface area contributed by atoms with Gasteiger partial charge in [-0.3, -0.25) is 9.59 Å². The molecule has 2 rings (SSSR count). The number of carbonyl (C=O) groups excluding carboxylic acids is 2. The van der Waals surface area contributed by atoms with Gasteiger partial charge in [-0.05, 0) is 36.8 Å². The van der Waals surface area contributed by atoms with Crippen molar-refractivity contribution in [1.82, 2.24) is 0 Å². The largest absolute Gasteiger partial charge is 0.318 e. The smallest absolute Gasteiger partial charge is 0.314 e. The molecule has 0 saturated heterocycles. The number of para-hydroxylation sites is 1. The Morgan fingerprint density at radius 1 is 1.00 bits per heavy atom. The summed E-state index contributed by atoms with van der Waals surface area (Å²) in [4.78, 5) is 23.5. The Hall–Kier alpha value is -2.28. The molecule has 0 atom stereocenters. The molecule has 2 aromatic rings. The predicted molar refractivity (Wildman–Crippen MR) is 82.5 cm³/mol. The number of hydrogen-bond acceptors (Lipinski definition) is 2. The van der Waals surface area contributed by atoms with E-state index in [1.54, 1.807) is 18.2 Å². The van der Waals surface area contributed by atoms with Crippen molar-refractivity contribution >= 4 is 39.1 Å². The molecule has 4 nitrogen and oxygen atoms in total. The number of benzene rings is 2. The van der Waals surface area contributed by atoms with Gasteiger partial charge in [0.15, 0.2) is 0 Å². The molecule has 114 valence electrons. The van der Waals surface area contributed by atoms with Gasteiger partial charge in [-0.2, -0.15) is 0 Å². The van der Waals surface area contributed by atoms with E-state index < -0.39 is 29.1 Å². The highest BCUT2D eigenvalue weighted by atomic mass is 79.9. The SMILES string of the molecule is Cc1ccc(NC(=O)C(=O)Nc2c(F)cccc2F)cc1Br. The van der Waals surface area contributed by atoms with Crippen LogP contribution in [0.25, 0.3) is 0 Å². The quantitative estimate of drug-likeness (QED) is 0.795. The van der Waals surface area contributed by atoms with E-state index in [2.05, 4.69) is 21.2 Å². The summed E-state index contributed by atoms with van der Waals surface area (Å²) in [5.41, 5.74) is 0.676. The summed E-state index contributed by atoms with van der Waals surface area (Å²) < 4.78 is 27.6. The summed E-state index contributed by atoms with van der Waals surface area (Å²) in [6.07, 6.45) is 0. The molecule has 0 unspecified atom stereocenters.